The number of H-pyrrole nitrogens is 2. The van der Waals surface area contributed by atoms with E-state index < -0.39 is 11.6 Å². The minimum atomic E-state index is -0.676. The maximum absolute atomic E-state index is 14.4. The van der Waals surface area contributed by atoms with Crippen molar-refractivity contribution < 1.29 is 13.6 Å². The Morgan fingerprint density at radius 3 is 2.66 bits per heavy atom. The quantitative estimate of drug-likeness (QED) is 0.257. The third-order valence-corrected chi connectivity index (χ3v) is 6.75. The maximum atomic E-state index is 14.4. The molecule has 3 aromatic heterocycles. The highest BCUT2D eigenvalue weighted by molar-refractivity contribution is 5.94. The van der Waals surface area contributed by atoms with Gasteiger partial charge >= 0.3 is 0 Å². The first-order valence-electron chi connectivity index (χ1n) is 12.4. The van der Waals surface area contributed by atoms with Crippen molar-refractivity contribution in [1.29, 1.82) is 0 Å². The molecular formula is C27H24F2N8O. The van der Waals surface area contributed by atoms with Gasteiger partial charge in [0.15, 0.2) is 11.5 Å². The minimum Gasteiger partial charge on any atom is -0.367 e. The Bertz CT molecular complexity index is 1590. The third kappa shape index (κ3) is 4.82. The average Bonchev–Trinajstić information content (AvgIpc) is 3.60. The van der Waals surface area contributed by atoms with Crippen LogP contribution in [0.2, 0.25) is 0 Å². The molecule has 0 saturated heterocycles. The van der Waals surface area contributed by atoms with Crippen LogP contribution in [0, 0.1) is 11.6 Å². The van der Waals surface area contributed by atoms with Crippen LogP contribution in [0.3, 0.4) is 0 Å². The first-order chi connectivity index (χ1) is 18.5. The number of nitrogens with one attached hydrogen (secondary N) is 4. The van der Waals surface area contributed by atoms with Gasteiger partial charge in [0.2, 0.25) is 0 Å². The van der Waals surface area contributed by atoms with Gasteiger partial charge in [0, 0.05) is 46.9 Å². The summed E-state index contributed by atoms with van der Waals surface area (Å²) in [6, 6.07) is 13.7. The molecule has 1 saturated carbocycles. The number of hydrogen-bond donors (Lipinski definition) is 4. The van der Waals surface area contributed by atoms with Crippen molar-refractivity contribution in [3.8, 4) is 22.6 Å². The van der Waals surface area contributed by atoms with Crippen molar-refractivity contribution in [2.75, 3.05) is 5.32 Å². The maximum Gasteiger partial charge on any atom is 0.273 e. The topological polar surface area (TPSA) is 124 Å². The van der Waals surface area contributed by atoms with Gasteiger partial charge in [0.25, 0.3) is 5.91 Å². The Kier molecular flexibility index (Phi) is 6.24. The van der Waals surface area contributed by atoms with Gasteiger partial charge in [-0.2, -0.15) is 0 Å². The van der Waals surface area contributed by atoms with Gasteiger partial charge < -0.3 is 15.6 Å². The van der Waals surface area contributed by atoms with E-state index in [1.54, 1.807) is 6.20 Å². The van der Waals surface area contributed by atoms with Crippen molar-refractivity contribution in [3.63, 3.8) is 0 Å². The van der Waals surface area contributed by atoms with Gasteiger partial charge in [-0.25, -0.2) is 18.7 Å². The number of hydrogen-bond acceptors (Lipinski definition) is 6. The lowest BCUT2D eigenvalue weighted by Gasteiger charge is -2.30. The van der Waals surface area contributed by atoms with Crippen molar-refractivity contribution in [3.05, 3.63) is 78.3 Å². The summed E-state index contributed by atoms with van der Waals surface area (Å²) in [5, 5.41) is 16.8. The Morgan fingerprint density at radius 2 is 1.84 bits per heavy atom. The predicted octanol–water partition coefficient (Wildman–Crippen LogP) is 4.84. The van der Waals surface area contributed by atoms with Crippen molar-refractivity contribution in [2.45, 2.75) is 37.8 Å². The lowest BCUT2D eigenvalue weighted by molar-refractivity contribution is 0.0921. The zero-order valence-corrected chi connectivity index (χ0v) is 20.2. The molecule has 9 nitrogen and oxygen atoms in total. The van der Waals surface area contributed by atoms with Crippen LogP contribution in [0.25, 0.3) is 33.5 Å². The molecule has 2 atom stereocenters. The van der Waals surface area contributed by atoms with Crippen LogP contribution < -0.4 is 10.6 Å². The molecule has 0 aliphatic heterocycles. The van der Waals surface area contributed by atoms with Crippen LogP contribution >= 0.6 is 0 Å². The number of aromatic nitrogens is 6. The Hall–Kier alpha value is -4.67. The predicted molar refractivity (Wildman–Crippen MR) is 138 cm³/mol. The highest BCUT2D eigenvalue weighted by Crippen LogP contribution is 2.32. The molecule has 6 rings (SSSR count). The number of halogens is 2. The first-order valence-corrected chi connectivity index (χ1v) is 12.4. The number of fused-ring (bicyclic) bond motifs is 1. The van der Waals surface area contributed by atoms with E-state index in [-0.39, 0.29) is 29.2 Å². The molecule has 5 aromatic rings. The summed E-state index contributed by atoms with van der Waals surface area (Å²) in [4.78, 5) is 24.8. The van der Waals surface area contributed by atoms with E-state index in [0.717, 1.165) is 30.9 Å². The second-order valence-corrected chi connectivity index (χ2v) is 9.38. The molecule has 1 aliphatic rings. The summed E-state index contributed by atoms with van der Waals surface area (Å²) in [5.74, 6) is -0.678. The lowest BCUT2D eigenvalue weighted by Crippen LogP contribution is -2.42. The summed E-state index contributed by atoms with van der Waals surface area (Å²) in [6.45, 7) is 0. The fourth-order valence-electron chi connectivity index (χ4n) is 4.97. The second kappa shape index (κ2) is 10.0. The molecule has 1 aliphatic carbocycles. The van der Waals surface area contributed by atoms with Crippen molar-refractivity contribution >= 4 is 22.6 Å². The lowest BCUT2D eigenvalue weighted by atomic mass is 9.91. The van der Waals surface area contributed by atoms with E-state index in [4.69, 9.17) is 9.97 Å². The highest BCUT2D eigenvalue weighted by Gasteiger charge is 2.25. The van der Waals surface area contributed by atoms with Gasteiger partial charge in [-0.15, -0.1) is 5.10 Å². The van der Waals surface area contributed by atoms with E-state index in [2.05, 4.69) is 31.0 Å². The second-order valence-electron chi connectivity index (χ2n) is 9.38. The van der Waals surface area contributed by atoms with Gasteiger partial charge in [0.05, 0.1) is 17.4 Å². The van der Waals surface area contributed by atoms with Crippen molar-refractivity contribution in [1.82, 2.24) is 35.7 Å². The first kappa shape index (κ1) is 23.7. The zero-order valence-electron chi connectivity index (χ0n) is 20.2. The zero-order chi connectivity index (χ0) is 26.1. The molecule has 3 heterocycles. The van der Waals surface area contributed by atoms with E-state index in [0.29, 0.717) is 34.7 Å². The third-order valence-electron chi connectivity index (χ3n) is 6.75. The molecule has 4 N–H and O–H groups in total. The van der Waals surface area contributed by atoms with Crippen LogP contribution in [0.4, 0.5) is 14.6 Å². The molecule has 0 bridgehead atoms. The van der Waals surface area contributed by atoms with E-state index in [9.17, 15) is 13.6 Å². The number of carbonyl (C=O) groups is 1. The summed E-state index contributed by atoms with van der Waals surface area (Å²) in [6.07, 6.45) is 6.44. The number of carbonyl (C=O) groups excluding carboxylic acids is 1. The summed E-state index contributed by atoms with van der Waals surface area (Å²) in [5.41, 5.74) is 2.51. The smallest absolute Gasteiger partial charge is 0.273 e. The minimum absolute atomic E-state index is 0.0279. The standard InChI is InChI=1S/C27H24F2N8O/c28-16-9-19-20(13-30-25(19)21(29)10-16)26-34-22(15-5-2-1-3-6-15)12-24(35-26)32-17-7-4-8-18(11-17)33-27(38)23-14-31-37-36-23/h1-3,5-6,9-10,12-14,17-18,30H,4,7-8,11H2,(H,33,38)(H,31,36,37)(H,32,34,35)/t17-,18+/m1/s1. The van der Waals surface area contributed by atoms with E-state index >= 15 is 0 Å². The molecule has 11 heteroatoms. The molecule has 1 amide bonds. The molecule has 0 unspecified atom stereocenters. The largest absolute Gasteiger partial charge is 0.367 e. The monoisotopic (exact) mass is 514 g/mol. The number of benzene rings is 2. The van der Waals surface area contributed by atoms with Crippen LogP contribution in [0.1, 0.15) is 36.2 Å². The molecule has 2 aromatic carbocycles. The van der Waals surface area contributed by atoms with E-state index in [1.807, 2.05) is 36.4 Å². The number of anilines is 1. The van der Waals surface area contributed by atoms with Crippen LogP contribution in [0.15, 0.2) is 60.9 Å². The Balaban J connectivity index is 1.31. The summed E-state index contributed by atoms with van der Waals surface area (Å²) >= 11 is 0. The molecule has 0 radical (unpaired) electrons. The fourth-order valence-corrected chi connectivity index (χ4v) is 4.97. The van der Waals surface area contributed by atoms with Gasteiger partial charge in [0.1, 0.15) is 17.5 Å². The molecule has 1 fully saturated rings. The number of amides is 1. The van der Waals surface area contributed by atoms with Gasteiger partial charge in [-0.05, 0) is 31.7 Å². The van der Waals surface area contributed by atoms with E-state index in [1.165, 1.54) is 12.3 Å². The van der Waals surface area contributed by atoms with Crippen LogP contribution in [0.5, 0.6) is 0 Å². The van der Waals surface area contributed by atoms with Crippen LogP contribution in [-0.2, 0) is 0 Å². The fraction of sp³-hybridized carbons (Fsp3) is 0.222. The van der Waals surface area contributed by atoms with Gasteiger partial charge in [-0.1, -0.05) is 35.5 Å². The highest BCUT2D eigenvalue weighted by atomic mass is 19.1. The Labute approximate surface area is 216 Å². The molecule has 192 valence electrons. The number of aromatic amines is 2. The number of rotatable bonds is 6. The number of nitrogens with zero attached hydrogens (tertiary/aromatic N) is 4. The van der Waals surface area contributed by atoms with Crippen molar-refractivity contribution in [2.24, 2.45) is 0 Å². The average molecular weight is 515 g/mol. The molecular weight excluding hydrogens is 490 g/mol. The Morgan fingerprint density at radius 1 is 1.00 bits per heavy atom. The van der Waals surface area contributed by atoms with Gasteiger partial charge in [-0.3, -0.25) is 9.89 Å². The summed E-state index contributed by atoms with van der Waals surface area (Å²) in [7, 11) is 0. The summed E-state index contributed by atoms with van der Waals surface area (Å²) < 4.78 is 28.4. The molecule has 0 spiro atoms. The van der Waals surface area contributed by atoms with Crippen LogP contribution in [-0.4, -0.2) is 48.4 Å². The SMILES string of the molecule is O=C(N[C@H]1CCC[C@@H](Nc2cc(-c3ccccc3)nc(-c3c[nH]c4c(F)cc(F)cc34)n2)C1)c1c[nH]nn1. The normalized spacial score (nSPS) is 17.4. The molecule has 38 heavy (non-hydrogen) atoms.